The fourth-order valence-electron chi connectivity index (χ4n) is 0.992. The quantitative estimate of drug-likeness (QED) is 0.775. The molecular weight excluding hydrogens is 196 g/mol. The summed E-state index contributed by atoms with van der Waals surface area (Å²) in [5.41, 5.74) is 0.346. The minimum absolute atomic E-state index is 0.346. The van der Waals surface area contributed by atoms with Crippen LogP contribution in [0, 0.1) is 0 Å². The Morgan fingerprint density at radius 2 is 2.00 bits per heavy atom. The van der Waals surface area contributed by atoms with E-state index in [9.17, 15) is 4.79 Å². The summed E-state index contributed by atoms with van der Waals surface area (Å²) in [6.07, 6.45) is 1.12. The highest BCUT2D eigenvalue weighted by molar-refractivity contribution is 7.99. The summed E-state index contributed by atoms with van der Waals surface area (Å²) in [4.78, 5) is 11.7. The molecule has 0 radical (unpaired) electrons. The third-order valence-electron chi connectivity index (χ3n) is 2.01. The molecule has 0 bridgehead atoms. The first-order valence-electron chi connectivity index (χ1n) is 4.63. The number of hydrogen-bond donors (Lipinski definition) is 1. The third-order valence-corrected chi connectivity index (χ3v) is 3.29. The second-order valence-electron chi connectivity index (χ2n) is 3.17. The molecule has 1 unspecified atom stereocenters. The molecule has 76 valence electrons. The zero-order chi connectivity index (χ0) is 10.6. The molecule has 0 fully saturated rings. The van der Waals surface area contributed by atoms with Crippen molar-refractivity contribution in [1.29, 1.82) is 0 Å². The lowest BCUT2D eigenvalue weighted by Crippen LogP contribution is -1.96. The van der Waals surface area contributed by atoms with Gasteiger partial charge in [-0.05, 0) is 30.7 Å². The Morgan fingerprint density at radius 3 is 2.43 bits per heavy atom. The van der Waals surface area contributed by atoms with E-state index in [0.29, 0.717) is 10.8 Å². The summed E-state index contributed by atoms with van der Waals surface area (Å²) in [6, 6.07) is 7.01. The molecule has 0 saturated heterocycles. The Hall–Kier alpha value is -0.960. The average Bonchev–Trinajstić information content (AvgIpc) is 2.18. The standard InChI is InChI=1S/C11H14O2S/c1-3-8(2)14-10-6-4-9(5-7-10)11(12)13/h4-8H,3H2,1-2H3,(H,12,13). The van der Waals surface area contributed by atoms with Crippen LogP contribution < -0.4 is 0 Å². The van der Waals surface area contributed by atoms with Gasteiger partial charge in [0, 0.05) is 10.1 Å². The number of carboxylic acid groups (broad SMARTS) is 1. The van der Waals surface area contributed by atoms with Gasteiger partial charge in [-0.15, -0.1) is 11.8 Å². The monoisotopic (exact) mass is 210 g/mol. The maximum Gasteiger partial charge on any atom is 0.335 e. The number of rotatable bonds is 4. The smallest absolute Gasteiger partial charge is 0.335 e. The van der Waals surface area contributed by atoms with E-state index in [1.807, 2.05) is 12.1 Å². The highest BCUT2D eigenvalue weighted by atomic mass is 32.2. The Kier molecular flexibility index (Phi) is 4.01. The maximum atomic E-state index is 10.6. The molecule has 1 N–H and O–H groups in total. The molecule has 1 atom stereocenters. The van der Waals surface area contributed by atoms with Crippen LogP contribution in [0.3, 0.4) is 0 Å². The second kappa shape index (κ2) is 5.05. The number of thioether (sulfide) groups is 1. The molecule has 0 spiro atoms. The zero-order valence-corrected chi connectivity index (χ0v) is 9.17. The summed E-state index contributed by atoms with van der Waals surface area (Å²) in [6.45, 7) is 4.30. The van der Waals surface area contributed by atoms with E-state index in [-0.39, 0.29) is 0 Å². The molecule has 1 rings (SSSR count). The number of aromatic carboxylic acids is 1. The van der Waals surface area contributed by atoms with Crippen LogP contribution in [0.1, 0.15) is 30.6 Å². The van der Waals surface area contributed by atoms with Gasteiger partial charge in [0.15, 0.2) is 0 Å². The van der Waals surface area contributed by atoms with Gasteiger partial charge in [0.05, 0.1) is 5.56 Å². The maximum absolute atomic E-state index is 10.6. The first-order valence-corrected chi connectivity index (χ1v) is 5.51. The summed E-state index contributed by atoms with van der Waals surface area (Å²) in [5, 5.41) is 9.27. The zero-order valence-electron chi connectivity index (χ0n) is 8.36. The Morgan fingerprint density at radius 1 is 1.43 bits per heavy atom. The molecule has 0 aliphatic rings. The summed E-state index contributed by atoms with van der Waals surface area (Å²) in [5.74, 6) is -0.870. The minimum atomic E-state index is -0.870. The van der Waals surface area contributed by atoms with Crippen LogP contribution in [0.15, 0.2) is 29.2 Å². The van der Waals surface area contributed by atoms with Gasteiger partial charge in [-0.3, -0.25) is 0 Å². The molecule has 0 amide bonds. The van der Waals surface area contributed by atoms with Crippen molar-refractivity contribution in [2.75, 3.05) is 0 Å². The molecule has 3 heteroatoms. The predicted octanol–water partition coefficient (Wildman–Crippen LogP) is 3.28. The Labute approximate surface area is 88.3 Å². The number of benzene rings is 1. The fourth-order valence-corrected chi connectivity index (χ4v) is 1.92. The van der Waals surface area contributed by atoms with Crippen LogP contribution in [0.25, 0.3) is 0 Å². The van der Waals surface area contributed by atoms with Crippen molar-refractivity contribution in [1.82, 2.24) is 0 Å². The van der Waals surface area contributed by atoms with Crippen LogP contribution >= 0.6 is 11.8 Å². The molecule has 0 aliphatic heterocycles. The van der Waals surface area contributed by atoms with Crippen molar-refractivity contribution in [3.63, 3.8) is 0 Å². The summed E-state index contributed by atoms with van der Waals surface area (Å²) in [7, 11) is 0. The largest absolute Gasteiger partial charge is 0.478 e. The first-order chi connectivity index (χ1) is 6.63. The SMILES string of the molecule is CCC(C)Sc1ccc(C(=O)O)cc1. The lowest BCUT2D eigenvalue weighted by molar-refractivity contribution is 0.0697. The lowest BCUT2D eigenvalue weighted by atomic mass is 10.2. The highest BCUT2D eigenvalue weighted by Gasteiger charge is 2.04. The lowest BCUT2D eigenvalue weighted by Gasteiger charge is -2.07. The van der Waals surface area contributed by atoms with Gasteiger partial charge >= 0.3 is 5.97 Å². The van der Waals surface area contributed by atoms with Crippen LogP contribution in [0.4, 0.5) is 0 Å². The van der Waals surface area contributed by atoms with E-state index < -0.39 is 5.97 Å². The minimum Gasteiger partial charge on any atom is -0.478 e. The van der Waals surface area contributed by atoms with E-state index in [1.165, 1.54) is 0 Å². The summed E-state index contributed by atoms with van der Waals surface area (Å²) < 4.78 is 0. The average molecular weight is 210 g/mol. The van der Waals surface area contributed by atoms with E-state index in [2.05, 4.69) is 13.8 Å². The number of hydrogen-bond acceptors (Lipinski definition) is 2. The summed E-state index contributed by atoms with van der Waals surface area (Å²) >= 11 is 1.77. The van der Waals surface area contributed by atoms with Crippen LogP contribution in [-0.4, -0.2) is 16.3 Å². The van der Waals surface area contributed by atoms with E-state index >= 15 is 0 Å². The van der Waals surface area contributed by atoms with Gasteiger partial charge < -0.3 is 5.11 Å². The van der Waals surface area contributed by atoms with Crippen LogP contribution in [-0.2, 0) is 0 Å². The molecule has 1 aromatic carbocycles. The van der Waals surface area contributed by atoms with E-state index in [1.54, 1.807) is 23.9 Å². The number of carboxylic acids is 1. The molecule has 0 saturated carbocycles. The van der Waals surface area contributed by atoms with Gasteiger partial charge in [0.1, 0.15) is 0 Å². The first kappa shape index (κ1) is 11.1. The molecule has 2 nitrogen and oxygen atoms in total. The highest BCUT2D eigenvalue weighted by Crippen LogP contribution is 2.24. The van der Waals surface area contributed by atoms with Gasteiger partial charge in [-0.2, -0.15) is 0 Å². The fraction of sp³-hybridized carbons (Fsp3) is 0.364. The third kappa shape index (κ3) is 3.07. The molecule has 1 aromatic rings. The van der Waals surface area contributed by atoms with Crippen molar-refractivity contribution in [3.05, 3.63) is 29.8 Å². The topological polar surface area (TPSA) is 37.3 Å². The van der Waals surface area contributed by atoms with Crippen molar-refractivity contribution < 1.29 is 9.90 Å². The molecule has 0 aromatic heterocycles. The van der Waals surface area contributed by atoms with Gasteiger partial charge in [-0.25, -0.2) is 4.79 Å². The molecule has 0 heterocycles. The molecule has 0 aliphatic carbocycles. The Bertz CT molecular complexity index is 306. The van der Waals surface area contributed by atoms with Crippen molar-refractivity contribution in [2.45, 2.75) is 30.4 Å². The van der Waals surface area contributed by atoms with Crippen molar-refractivity contribution >= 4 is 17.7 Å². The normalized spacial score (nSPS) is 12.4. The van der Waals surface area contributed by atoms with Gasteiger partial charge in [0.2, 0.25) is 0 Å². The van der Waals surface area contributed by atoms with Gasteiger partial charge in [-0.1, -0.05) is 13.8 Å². The Balaban J connectivity index is 2.68. The predicted molar refractivity (Wildman–Crippen MR) is 59.0 cm³/mol. The molecule has 14 heavy (non-hydrogen) atoms. The molecular formula is C11H14O2S. The van der Waals surface area contributed by atoms with Crippen molar-refractivity contribution in [3.8, 4) is 0 Å². The second-order valence-corrected chi connectivity index (χ2v) is 4.68. The van der Waals surface area contributed by atoms with Gasteiger partial charge in [0.25, 0.3) is 0 Å². The van der Waals surface area contributed by atoms with Crippen molar-refractivity contribution in [2.24, 2.45) is 0 Å². The van der Waals surface area contributed by atoms with Crippen LogP contribution in [0.2, 0.25) is 0 Å². The van der Waals surface area contributed by atoms with E-state index in [0.717, 1.165) is 11.3 Å². The van der Waals surface area contributed by atoms with E-state index in [4.69, 9.17) is 5.11 Å². The van der Waals surface area contributed by atoms with Crippen LogP contribution in [0.5, 0.6) is 0 Å². The number of carbonyl (C=O) groups is 1.